The van der Waals surface area contributed by atoms with E-state index >= 15 is 0 Å². The molecule has 0 saturated heterocycles. The smallest absolute Gasteiger partial charge is 0.408 e. The minimum Gasteiger partial charge on any atom is -0.445 e. The van der Waals surface area contributed by atoms with E-state index in [0.29, 0.717) is 19.3 Å². The molecule has 16 nitrogen and oxygen atoms in total. The van der Waals surface area contributed by atoms with Crippen LogP contribution in [0.25, 0.3) is 0 Å². The first-order chi connectivity index (χ1) is 24.2. The number of hydrazine groups is 1. The summed E-state index contributed by atoms with van der Waals surface area (Å²) in [5.41, 5.74) is 15.3. The van der Waals surface area contributed by atoms with Crippen molar-refractivity contribution in [2.45, 2.75) is 96.6 Å². The molecule has 0 fully saturated rings. The number of primary amides is 1. The van der Waals surface area contributed by atoms with Gasteiger partial charge in [-0.05, 0) is 76.5 Å². The van der Waals surface area contributed by atoms with Gasteiger partial charge in [-0.1, -0.05) is 54.6 Å². The number of nitrogens with zero attached hydrogens (tertiary/aromatic N) is 1. The SMILES string of the molecule is Cc1ccccc1COC(=O)NCCCC[C@H](NC(=O)[C@H](Cc1ccccc1)NC(=O)[C@@H](CCCN=C(N)NN)NC(=O)OC(C)(C)C)C(N)=O. The zero-order valence-corrected chi connectivity index (χ0v) is 29.8. The molecule has 2 aromatic carbocycles. The van der Waals surface area contributed by atoms with Crippen LogP contribution < -0.4 is 44.0 Å². The van der Waals surface area contributed by atoms with Crippen LogP contribution in [-0.2, 0) is 36.9 Å². The predicted molar refractivity (Wildman–Crippen MR) is 193 cm³/mol. The third kappa shape index (κ3) is 17.2. The number of aryl methyl sites for hydroxylation is 1. The minimum absolute atomic E-state index is 0.00683. The summed E-state index contributed by atoms with van der Waals surface area (Å²) in [7, 11) is 0. The van der Waals surface area contributed by atoms with Gasteiger partial charge in [0.25, 0.3) is 0 Å². The molecule has 280 valence electrons. The average Bonchev–Trinajstić information content (AvgIpc) is 3.07. The van der Waals surface area contributed by atoms with Crippen LogP contribution in [0.2, 0.25) is 0 Å². The summed E-state index contributed by atoms with van der Waals surface area (Å²) in [4.78, 5) is 68.4. The molecule has 5 amide bonds. The maximum atomic E-state index is 13.6. The van der Waals surface area contributed by atoms with Crippen molar-refractivity contribution in [3.63, 3.8) is 0 Å². The van der Waals surface area contributed by atoms with Gasteiger partial charge in [-0.15, -0.1) is 0 Å². The second kappa shape index (κ2) is 21.7. The maximum absolute atomic E-state index is 13.6. The van der Waals surface area contributed by atoms with E-state index in [1.807, 2.05) is 37.3 Å². The molecule has 11 N–H and O–H groups in total. The molecule has 0 bridgehead atoms. The molecule has 0 aliphatic carbocycles. The Morgan fingerprint density at radius 3 is 2.06 bits per heavy atom. The molecule has 0 heterocycles. The van der Waals surface area contributed by atoms with Crippen LogP contribution in [0.5, 0.6) is 0 Å². The Bertz CT molecular complexity index is 1470. The second-order valence-electron chi connectivity index (χ2n) is 12.9. The van der Waals surface area contributed by atoms with Gasteiger partial charge < -0.3 is 42.2 Å². The highest BCUT2D eigenvalue weighted by molar-refractivity contribution is 5.93. The molecule has 16 heteroatoms. The topological polar surface area (TPSA) is 254 Å². The van der Waals surface area contributed by atoms with E-state index in [1.54, 1.807) is 45.0 Å². The van der Waals surface area contributed by atoms with Crippen molar-refractivity contribution in [2.75, 3.05) is 13.1 Å². The molecule has 0 spiro atoms. The Morgan fingerprint density at radius 2 is 1.41 bits per heavy atom. The average molecular weight is 712 g/mol. The summed E-state index contributed by atoms with van der Waals surface area (Å²) < 4.78 is 10.6. The Labute approximate surface area is 299 Å². The number of amides is 5. The fourth-order valence-electron chi connectivity index (χ4n) is 4.78. The molecule has 0 aromatic heterocycles. The summed E-state index contributed by atoms with van der Waals surface area (Å²) in [5, 5.41) is 10.6. The number of alkyl carbamates (subject to hydrolysis) is 2. The molecule has 0 aliphatic rings. The summed E-state index contributed by atoms with van der Waals surface area (Å²) in [5.74, 6) is 3.20. The quantitative estimate of drug-likeness (QED) is 0.0343. The van der Waals surface area contributed by atoms with Gasteiger partial charge in [0.2, 0.25) is 23.7 Å². The van der Waals surface area contributed by atoms with E-state index in [1.165, 1.54) is 0 Å². The number of hydrogen-bond donors (Lipinski definition) is 8. The van der Waals surface area contributed by atoms with Crippen molar-refractivity contribution < 1.29 is 33.4 Å². The molecular formula is C35H53N9O7. The molecule has 0 saturated carbocycles. The summed E-state index contributed by atoms with van der Waals surface area (Å²) in [6.07, 6.45) is 0.271. The lowest BCUT2D eigenvalue weighted by molar-refractivity contribution is -0.132. The van der Waals surface area contributed by atoms with Gasteiger partial charge in [-0.2, -0.15) is 0 Å². The first kappa shape index (κ1) is 41.8. The molecule has 51 heavy (non-hydrogen) atoms. The van der Waals surface area contributed by atoms with Crippen LogP contribution in [0.15, 0.2) is 59.6 Å². The zero-order chi connectivity index (χ0) is 37.8. The van der Waals surface area contributed by atoms with Crippen LogP contribution in [0.3, 0.4) is 0 Å². The zero-order valence-electron chi connectivity index (χ0n) is 29.8. The Balaban J connectivity index is 2.05. The van der Waals surface area contributed by atoms with Gasteiger partial charge in [-0.3, -0.25) is 24.8 Å². The lowest BCUT2D eigenvalue weighted by atomic mass is 10.0. The van der Waals surface area contributed by atoms with Crippen molar-refractivity contribution in [1.82, 2.24) is 26.7 Å². The number of guanidine groups is 1. The highest BCUT2D eigenvalue weighted by Gasteiger charge is 2.30. The fraction of sp³-hybridized carbons (Fsp3) is 0.486. The van der Waals surface area contributed by atoms with Gasteiger partial charge in [0.1, 0.15) is 30.3 Å². The Morgan fingerprint density at radius 1 is 0.784 bits per heavy atom. The third-order valence-electron chi connectivity index (χ3n) is 7.47. The van der Waals surface area contributed by atoms with Crippen molar-refractivity contribution in [3.8, 4) is 0 Å². The normalized spacial score (nSPS) is 13.2. The Hall–Kier alpha value is -5.38. The van der Waals surface area contributed by atoms with E-state index < -0.39 is 53.6 Å². The molecule has 3 atom stereocenters. The van der Waals surface area contributed by atoms with Gasteiger partial charge in [0.15, 0.2) is 0 Å². The minimum atomic E-state index is -1.13. The number of benzene rings is 2. The van der Waals surface area contributed by atoms with Gasteiger partial charge in [-0.25, -0.2) is 15.4 Å². The van der Waals surface area contributed by atoms with Crippen LogP contribution >= 0.6 is 0 Å². The van der Waals surface area contributed by atoms with E-state index in [4.69, 9.17) is 26.8 Å². The van der Waals surface area contributed by atoms with Gasteiger partial charge in [0, 0.05) is 19.5 Å². The van der Waals surface area contributed by atoms with Gasteiger partial charge >= 0.3 is 12.2 Å². The standard InChI is InChI=1S/C35H53N9O7/c1-23-13-8-9-16-25(23)22-50-33(48)40-19-11-10-17-26(29(36)45)41-31(47)28(21-24-14-6-5-7-15-24)42-30(46)27(18-12-20-39-32(37)44-38)43-34(49)51-35(2,3)4/h5-9,13-16,26-28H,10-12,17-22,38H2,1-4H3,(H2,36,45)(H,40,48)(H,41,47)(H,42,46)(H,43,49)(H3,37,39,44)/t26-,27+,28-/m0/s1. The summed E-state index contributed by atoms with van der Waals surface area (Å²) >= 11 is 0. The number of nitrogens with one attached hydrogen (secondary N) is 5. The van der Waals surface area contributed by atoms with E-state index in [0.717, 1.165) is 16.7 Å². The molecule has 2 rings (SSSR count). The maximum Gasteiger partial charge on any atom is 0.408 e. The fourth-order valence-corrected chi connectivity index (χ4v) is 4.78. The lowest BCUT2D eigenvalue weighted by Gasteiger charge is -2.26. The summed E-state index contributed by atoms with van der Waals surface area (Å²) in [6.45, 7) is 7.62. The molecule has 2 aromatic rings. The number of aliphatic imine (C=N–C) groups is 1. The monoisotopic (exact) mass is 711 g/mol. The van der Waals surface area contributed by atoms with Crippen molar-refractivity contribution in [3.05, 3.63) is 71.3 Å². The molecule has 0 aliphatic heterocycles. The number of ether oxygens (including phenoxy) is 2. The number of unbranched alkanes of at least 4 members (excludes halogenated alkanes) is 1. The largest absolute Gasteiger partial charge is 0.445 e. The number of carbonyl (C=O) groups excluding carboxylic acids is 5. The van der Waals surface area contributed by atoms with E-state index in [2.05, 4.69) is 31.7 Å². The van der Waals surface area contributed by atoms with Crippen LogP contribution in [0.1, 0.15) is 69.6 Å². The Kier molecular flexibility index (Phi) is 17.7. The molecular weight excluding hydrogens is 658 g/mol. The molecule has 0 radical (unpaired) electrons. The van der Waals surface area contributed by atoms with Crippen LogP contribution in [-0.4, -0.2) is 72.7 Å². The molecule has 0 unspecified atom stereocenters. The summed E-state index contributed by atoms with van der Waals surface area (Å²) in [6, 6.07) is 13.3. The van der Waals surface area contributed by atoms with Crippen molar-refractivity contribution in [1.29, 1.82) is 0 Å². The first-order valence-electron chi connectivity index (χ1n) is 16.8. The van der Waals surface area contributed by atoms with Crippen LogP contribution in [0.4, 0.5) is 9.59 Å². The number of carbonyl (C=O) groups is 5. The highest BCUT2D eigenvalue weighted by Crippen LogP contribution is 2.11. The second-order valence-corrected chi connectivity index (χ2v) is 12.9. The van der Waals surface area contributed by atoms with Crippen molar-refractivity contribution >= 4 is 35.9 Å². The van der Waals surface area contributed by atoms with Crippen molar-refractivity contribution in [2.24, 2.45) is 22.3 Å². The number of hydrogen-bond acceptors (Lipinski definition) is 9. The first-order valence-corrected chi connectivity index (χ1v) is 16.8. The predicted octanol–water partition coefficient (Wildman–Crippen LogP) is 1.54. The lowest BCUT2D eigenvalue weighted by Crippen LogP contribution is -2.57. The van der Waals surface area contributed by atoms with Crippen LogP contribution in [0, 0.1) is 6.92 Å². The highest BCUT2D eigenvalue weighted by atomic mass is 16.6. The van der Waals surface area contributed by atoms with E-state index in [-0.39, 0.29) is 44.9 Å². The number of nitrogens with two attached hydrogens (primary N) is 3. The third-order valence-corrected chi connectivity index (χ3v) is 7.47. The van der Waals surface area contributed by atoms with E-state index in [9.17, 15) is 24.0 Å². The van der Waals surface area contributed by atoms with Gasteiger partial charge in [0.05, 0.1) is 0 Å². The number of rotatable bonds is 19.